The lowest BCUT2D eigenvalue weighted by atomic mass is 10.2. The molecule has 114 valence electrons. The Hall–Kier alpha value is -0.520. The van der Waals surface area contributed by atoms with Crippen LogP contribution in [0.15, 0.2) is 27.8 Å². The standard InChI is InChI=1S/C12H14BrIN4O2S/c1-7(2)6-18-11(16-17-12(18)21(15,19)20)9-5-8(14)3-4-10(9)13/h3-5,7H,6H2,1-2H3,(H2,15,19,20). The molecule has 21 heavy (non-hydrogen) atoms. The van der Waals surface area contributed by atoms with Gasteiger partial charge in [0.1, 0.15) is 0 Å². The van der Waals surface area contributed by atoms with Gasteiger partial charge < -0.3 is 0 Å². The van der Waals surface area contributed by atoms with Crippen LogP contribution < -0.4 is 5.14 Å². The molecule has 0 amide bonds. The zero-order chi connectivity index (χ0) is 15.8. The molecule has 0 atom stereocenters. The average Bonchev–Trinajstić information content (AvgIpc) is 2.74. The summed E-state index contributed by atoms with van der Waals surface area (Å²) >= 11 is 5.65. The number of benzene rings is 1. The molecule has 0 aliphatic carbocycles. The SMILES string of the molecule is CC(C)Cn1c(-c2cc(I)ccc2Br)nnc1S(N)(=O)=O. The smallest absolute Gasteiger partial charge is 0.273 e. The number of sulfonamides is 1. The highest BCUT2D eigenvalue weighted by molar-refractivity contribution is 14.1. The summed E-state index contributed by atoms with van der Waals surface area (Å²) in [5.41, 5.74) is 0.782. The summed E-state index contributed by atoms with van der Waals surface area (Å²) < 4.78 is 26.7. The molecule has 0 fully saturated rings. The molecule has 9 heteroatoms. The Balaban J connectivity index is 2.69. The lowest BCUT2D eigenvalue weighted by Crippen LogP contribution is -2.20. The summed E-state index contributed by atoms with van der Waals surface area (Å²) in [5, 5.41) is 12.8. The Morgan fingerprint density at radius 2 is 2.05 bits per heavy atom. The third-order valence-electron chi connectivity index (χ3n) is 2.69. The zero-order valence-corrected chi connectivity index (χ0v) is 16.0. The molecule has 1 aromatic carbocycles. The second-order valence-electron chi connectivity index (χ2n) is 4.98. The van der Waals surface area contributed by atoms with Crippen molar-refractivity contribution in [3.63, 3.8) is 0 Å². The Morgan fingerprint density at radius 1 is 1.38 bits per heavy atom. The molecule has 0 saturated heterocycles. The van der Waals surface area contributed by atoms with Gasteiger partial charge >= 0.3 is 0 Å². The van der Waals surface area contributed by atoms with Crippen LogP contribution in [0, 0.1) is 9.49 Å². The number of nitrogens with two attached hydrogens (primary N) is 1. The van der Waals surface area contributed by atoms with Crippen LogP contribution in [0.25, 0.3) is 11.4 Å². The largest absolute Gasteiger partial charge is 0.296 e. The molecule has 2 aromatic rings. The molecule has 0 spiro atoms. The first-order valence-electron chi connectivity index (χ1n) is 6.11. The minimum atomic E-state index is -3.92. The lowest BCUT2D eigenvalue weighted by Gasteiger charge is -2.12. The van der Waals surface area contributed by atoms with Crippen LogP contribution in [0.4, 0.5) is 0 Å². The van der Waals surface area contributed by atoms with Crippen molar-refractivity contribution in [3.8, 4) is 11.4 Å². The minimum absolute atomic E-state index is 0.211. The topological polar surface area (TPSA) is 90.9 Å². The highest BCUT2D eigenvalue weighted by atomic mass is 127. The van der Waals surface area contributed by atoms with Crippen LogP contribution in [-0.2, 0) is 16.6 Å². The van der Waals surface area contributed by atoms with Crippen LogP contribution in [0.5, 0.6) is 0 Å². The lowest BCUT2D eigenvalue weighted by molar-refractivity contribution is 0.486. The van der Waals surface area contributed by atoms with E-state index < -0.39 is 10.0 Å². The van der Waals surface area contributed by atoms with E-state index in [0.29, 0.717) is 12.4 Å². The quantitative estimate of drug-likeness (QED) is 0.675. The fraction of sp³-hybridized carbons (Fsp3) is 0.333. The minimum Gasteiger partial charge on any atom is -0.296 e. The van der Waals surface area contributed by atoms with Crippen molar-refractivity contribution in [1.82, 2.24) is 14.8 Å². The Kier molecular flexibility index (Phi) is 5.06. The van der Waals surface area contributed by atoms with Crippen molar-refractivity contribution >= 4 is 48.5 Å². The molecule has 0 aliphatic rings. The second-order valence-corrected chi connectivity index (χ2v) is 8.53. The Labute approximate surface area is 145 Å². The number of hydrogen-bond donors (Lipinski definition) is 1. The van der Waals surface area contributed by atoms with E-state index in [2.05, 4.69) is 48.7 Å². The first-order valence-corrected chi connectivity index (χ1v) is 9.53. The molecule has 0 aliphatic heterocycles. The van der Waals surface area contributed by atoms with Gasteiger partial charge in [0.05, 0.1) is 0 Å². The fourth-order valence-corrected chi connectivity index (χ4v) is 3.43. The summed E-state index contributed by atoms with van der Waals surface area (Å²) in [5.74, 6) is 0.708. The van der Waals surface area contributed by atoms with Crippen molar-refractivity contribution in [2.75, 3.05) is 0 Å². The van der Waals surface area contributed by atoms with E-state index in [-0.39, 0.29) is 11.1 Å². The number of aromatic nitrogens is 3. The maximum Gasteiger partial charge on any atom is 0.273 e. The number of nitrogens with zero attached hydrogens (tertiary/aromatic N) is 3. The summed E-state index contributed by atoms with van der Waals surface area (Å²) in [7, 11) is -3.92. The third kappa shape index (κ3) is 3.82. The van der Waals surface area contributed by atoms with Gasteiger partial charge in [-0.15, -0.1) is 10.2 Å². The fourth-order valence-electron chi connectivity index (χ4n) is 1.90. The molecule has 1 heterocycles. The molecular formula is C12H14BrIN4O2S. The highest BCUT2D eigenvalue weighted by Gasteiger charge is 2.23. The maximum atomic E-state index is 11.7. The van der Waals surface area contributed by atoms with E-state index in [1.807, 2.05) is 32.0 Å². The molecular weight excluding hydrogens is 471 g/mol. The third-order valence-corrected chi connectivity index (χ3v) is 4.86. The van der Waals surface area contributed by atoms with Crippen molar-refractivity contribution in [2.24, 2.45) is 11.1 Å². The molecule has 0 radical (unpaired) electrons. The molecule has 6 nitrogen and oxygen atoms in total. The monoisotopic (exact) mass is 484 g/mol. The summed E-state index contributed by atoms with van der Waals surface area (Å²) in [6, 6.07) is 5.75. The van der Waals surface area contributed by atoms with Gasteiger partial charge in [-0.3, -0.25) is 4.57 Å². The van der Waals surface area contributed by atoms with E-state index in [0.717, 1.165) is 13.6 Å². The van der Waals surface area contributed by atoms with Crippen LogP contribution >= 0.6 is 38.5 Å². The Morgan fingerprint density at radius 3 is 2.62 bits per heavy atom. The van der Waals surface area contributed by atoms with Crippen molar-refractivity contribution in [3.05, 3.63) is 26.2 Å². The zero-order valence-electron chi connectivity index (χ0n) is 11.4. The number of hydrogen-bond acceptors (Lipinski definition) is 4. The van der Waals surface area contributed by atoms with E-state index in [1.165, 1.54) is 0 Å². The van der Waals surface area contributed by atoms with E-state index >= 15 is 0 Å². The van der Waals surface area contributed by atoms with Crippen LogP contribution in [-0.4, -0.2) is 23.2 Å². The van der Waals surface area contributed by atoms with Gasteiger partial charge in [0, 0.05) is 20.2 Å². The number of primary sulfonamides is 1. The summed E-state index contributed by atoms with van der Waals surface area (Å²) in [6.07, 6.45) is 0. The van der Waals surface area contributed by atoms with Gasteiger partial charge in [-0.1, -0.05) is 29.8 Å². The van der Waals surface area contributed by atoms with E-state index in [4.69, 9.17) is 5.14 Å². The van der Waals surface area contributed by atoms with Gasteiger partial charge in [-0.25, -0.2) is 13.6 Å². The summed E-state index contributed by atoms with van der Waals surface area (Å²) in [4.78, 5) is 0. The number of rotatable bonds is 4. The van der Waals surface area contributed by atoms with Gasteiger partial charge in [0.15, 0.2) is 5.82 Å². The van der Waals surface area contributed by atoms with Gasteiger partial charge in [-0.05, 0) is 46.7 Å². The molecule has 0 saturated carbocycles. The Bertz CT molecular complexity index is 774. The van der Waals surface area contributed by atoms with Crippen molar-refractivity contribution < 1.29 is 8.42 Å². The second kappa shape index (κ2) is 6.31. The van der Waals surface area contributed by atoms with Gasteiger partial charge in [0.25, 0.3) is 15.2 Å². The highest BCUT2D eigenvalue weighted by Crippen LogP contribution is 2.30. The van der Waals surface area contributed by atoms with Crippen molar-refractivity contribution in [2.45, 2.75) is 25.5 Å². The molecule has 2 rings (SSSR count). The average molecular weight is 485 g/mol. The van der Waals surface area contributed by atoms with Crippen LogP contribution in [0.3, 0.4) is 0 Å². The van der Waals surface area contributed by atoms with Gasteiger partial charge in [0.2, 0.25) is 0 Å². The van der Waals surface area contributed by atoms with Crippen LogP contribution in [0.1, 0.15) is 13.8 Å². The maximum absolute atomic E-state index is 11.7. The predicted octanol–water partition coefficient (Wildman–Crippen LogP) is 2.62. The summed E-state index contributed by atoms with van der Waals surface area (Å²) in [6.45, 7) is 4.44. The number of halogens is 2. The predicted molar refractivity (Wildman–Crippen MR) is 92.1 cm³/mol. The molecule has 1 aromatic heterocycles. The molecule has 0 unspecified atom stereocenters. The van der Waals surface area contributed by atoms with Crippen LogP contribution in [0.2, 0.25) is 0 Å². The van der Waals surface area contributed by atoms with Gasteiger partial charge in [-0.2, -0.15) is 0 Å². The molecule has 2 N–H and O–H groups in total. The first kappa shape index (κ1) is 16.8. The normalized spacial score (nSPS) is 12.1. The van der Waals surface area contributed by atoms with Crippen molar-refractivity contribution in [1.29, 1.82) is 0 Å². The van der Waals surface area contributed by atoms with E-state index in [1.54, 1.807) is 4.57 Å². The van der Waals surface area contributed by atoms with E-state index in [9.17, 15) is 8.42 Å². The first-order chi connectivity index (χ1) is 9.70. The molecule has 0 bridgehead atoms.